The summed E-state index contributed by atoms with van der Waals surface area (Å²) < 4.78 is 15.7. The van der Waals surface area contributed by atoms with Gasteiger partial charge in [-0.1, -0.05) is 30.3 Å². The largest absolute Gasteiger partial charge is 0.366 e. The molecular formula is C23H20FN5O. The number of nitrogens with zero attached hydrogens (tertiary/aromatic N) is 5. The third-order valence-electron chi connectivity index (χ3n) is 5.05. The monoisotopic (exact) mass is 401 g/mol. The number of nitriles is 1. The number of hydrogen-bond acceptors (Lipinski definition) is 4. The van der Waals surface area contributed by atoms with Gasteiger partial charge in [0.25, 0.3) is 5.91 Å². The summed E-state index contributed by atoms with van der Waals surface area (Å²) in [5, 5.41) is 13.8. The molecule has 1 aliphatic rings. The molecule has 6 nitrogen and oxygen atoms in total. The Hall–Kier alpha value is -3.92. The van der Waals surface area contributed by atoms with Crippen molar-refractivity contribution in [3.8, 4) is 11.8 Å². The quantitative estimate of drug-likeness (QED) is 0.497. The lowest BCUT2D eigenvalue weighted by Gasteiger charge is -2.36. The first-order valence-electron chi connectivity index (χ1n) is 9.66. The molecule has 0 unspecified atom stereocenters. The highest BCUT2D eigenvalue weighted by atomic mass is 19.1. The average Bonchev–Trinajstić information content (AvgIpc) is 3.27. The predicted octanol–water partition coefficient (Wildman–Crippen LogP) is 3.27. The van der Waals surface area contributed by atoms with Gasteiger partial charge in [-0.15, -0.1) is 0 Å². The number of carbonyl (C=O) groups excluding carboxylic acids is 1. The van der Waals surface area contributed by atoms with Gasteiger partial charge in [-0.25, -0.2) is 9.07 Å². The van der Waals surface area contributed by atoms with E-state index in [1.54, 1.807) is 46.3 Å². The van der Waals surface area contributed by atoms with Crippen molar-refractivity contribution < 1.29 is 9.18 Å². The van der Waals surface area contributed by atoms with Gasteiger partial charge < -0.3 is 9.80 Å². The Kier molecular flexibility index (Phi) is 5.57. The molecule has 0 saturated carbocycles. The first-order valence-corrected chi connectivity index (χ1v) is 9.66. The van der Waals surface area contributed by atoms with Crippen molar-refractivity contribution in [3.63, 3.8) is 0 Å². The smallest absolute Gasteiger partial charge is 0.264 e. The maximum atomic E-state index is 14.0. The van der Waals surface area contributed by atoms with Crippen LogP contribution in [0.4, 0.5) is 10.1 Å². The second-order valence-corrected chi connectivity index (χ2v) is 6.95. The fourth-order valence-electron chi connectivity index (χ4n) is 3.47. The number of aromatic nitrogens is 2. The van der Waals surface area contributed by atoms with Crippen molar-refractivity contribution in [1.29, 1.82) is 5.26 Å². The number of anilines is 1. The Labute approximate surface area is 174 Å². The lowest BCUT2D eigenvalue weighted by atomic mass is 10.1. The second kappa shape index (κ2) is 8.62. The molecule has 3 aromatic rings. The van der Waals surface area contributed by atoms with E-state index in [2.05, 4.69) is 5.10 Å². The van der Waals surface area contributed by atoms with Gasteiger partial charge in [0.15, 0.2) is 0 Å². The van der Waals surface area contributed by atoms with Crippen LogP contribution in [0.1, 0.15) is 5.56 Å². The third kappa shape index (κ3) is 4.08. The summed E-state index contributed by atoms with van der Waals surface area (Å²) in [5.41, 5.74) is 2.16. The van der Waals surface area contributed by atoms with E-state index in [4.69, 9.17) is 0 Å². The van der Waals surface area contributed by atoms with Crippen LogP contribution in [-0.4, -0.2) is 46.8 Å². The molecule has 0 spiro atoms. The minimum atomic E-state index is -0.321. The Bertz CT molecular complexity index is 1110. The molecule has 2 heterocycles. The normalized spacial score (nSPS) is 14.5. The van der Waals surface area contributed by atoms with E-state index >= 15 is 0 Å². The van der Waals surface area contributed by atoms with Gasteiger partial charge in [0.2, 0.25) is 0 Å². The third-order valence-corrected chi connectivity index (χ3v) is 5.05. The molecule has 1 fully saturated rings. The summed E-state index contributed by atoms with van der Waals surface area (Å²) in [4.78, 5) is 16.4. The number of para-hydroxylation sites is 2. The molecule has 1 saturated heterocycles. The Balaban J connectivity index is 1.44. The van der Waals surface area contributed by atoms with E-state index in [1.165, 1.54) is 6.07 Å². The first-order chi connectivity index (χ1) is 14.7. The van der Waals surface area contributed by atoms with Gasteiger partial charge in [0, 0.05) is 37.9 Å². The van der Waals surface area contributed by atoms with Crippen molar-refractivity contribution >= 4 is 17.7 Å². The van der Waals surface area contributed by atoms with Crippen LogP contribution in [-0.2, 0) is 4.79 Å². The molecule has 1 amide bonds. The fraction of sp³-hybridized carbons (Fsp3) is 0.174. The Morgan fingerprint density at radius 3 is 2.43 bits per heavy atom. The molecule has 150 valence electrons. The maximum Gasteiger partial charge on any atom is 0.264 e. The van der Waals surface area contributed by atoms with Crippen molar-refractivity contribution in [1.82, 2.24) is 14.7 Å². The predicted molar refractivity (Wildman–Crippen MR) is 112 cm³/mol. The number of hydrogen-bond donors (Lipinski definition) is 0. The van der Waals surface area contributed by atoms with Crippen LogP contribution in [0, 0.1) is 17.1 Å². The SMILES string of the molecule is N#C/C(=C\c1cnn(-c2ccccc2)c1)C(=O)N1CCN(c2ccccc2F)CC1. The molecule has 1 aliphatic heterocycles. The molecule has 1 aromatic heterocycles. The van der Waals surface area contributed by atoms with Crippen LogP contribution in [0.15, 0.2) is 72.6 Å². The molecule has 0 N–H and O–H groups in total. The van der Waals surface area contributed by atoms with E-state index in [9.17, 15) is 14.4 Å². The first kappa shape index (κ1) is 19.4. The maximum absolute atomic E-state index is 14.0. The summed E-state index contributed by atoms with van der Waals surface area (Å²) in [5.74, 6) is -0.594. The summed E-state index contributed by atoms with van der Waals surface area (Å²) >= 11 is 0. The second-order valence-electron chi connectivity index (χ2n) is 6.95. The lowest BCUT2D eigenvalue weighted by molar-refractivity contribution is -0.126. The number of rotatable bonds is 4. The van der Waals surface area contributed by atoms with E-state index in [0.717, 1.165) is 5.69 Å². The molecular weight excluding hydrogens is 381 g/mol. The van der Waals surface area contributed by atoms with Crippen LogP contribution in [0.3, 0.4) is 0 Å². The molecule has 0 atom stereocenters. The minimum Gasteiger partial charge on any atom is -0.366 e. The Morgan fingerprint density at radius 1 is 1.03 bits per heavy atom. The highest BCUT2D eigenvalue weighted by molar-refractivity contribution is 6.01. The van der Waals surface area contributed by atoms with Crippen LogP contribution >= 0.6 is 0 Å². The summed E-state index contributed by atoms with van der Waals surface area (Å²) in [6.45, 7) is 1.87. The number of halogens is 1. The topological polar surface area (TPSA) is 65.2 Å². The minimum absolute atomic E-state index is 0.0574. The zero-order valence-electron chi connectivity index (χ0n) is 16.3. The highest BCUT2D eigenvalue weighted by Gasteiger charge is 2.25. The molecule has 0 radical (unpaired) electrons. The molecule has 2 aromatic carbocycles. The summed E-state index contributed by atoms with van der Waals surface area (Å²) in [6.07, 6.45) is 4.95. The standard InChI is InChI=1S/C23H20FN5O/c24-21-8-4-5-9-22(21)27-10-12-28(13-11-27)23(30)19(15-25)14-18-16-26-29(17-18)20-6-2-1-3-7-20/h1-9,14,16-17H,10-13H2/b19-14+. The van der Waals surface area contributed by atoms with E-state index < -0.39 is 0 Å². The van der Waals surface area contributed by atoms with Gasteiger partial charge in [0.1, 0.15) is 17.5 Å². The van der Waals surface area contributed by atoms with E-state index in [1.807, 2.05) is 41.3 Å². The van der Waals surface area contributed by atoms with Crippen LogP contribution < -0.4 is 4.90 Å². The van der Waals surface area contributed by atoms with Crippen LogP contribution in [0.2, 0.25) is 0 Å². The molecule has 0 bridgehead atoms. The average molecular weight is 401 g/mol. The van der Waals surface area contributed by atoms with Crippen molar-refractivity contribution in [2.45, 2.75) is 0 Å². The van der Waals surface area contributed by atoms with Gasteiger partial charge in [0.05, 0.1) is 17.6 Å². The molecule has 30 heavy (non-hydrogen) atoms. The summed E-state index contributed by atoms with van der Waals surface area (Å²) in [6, 6.07) is 18.2. The summed E-state index contributed by atoms with van der Waals surface area (Å²) in [7, 11) is 0. The van der Waals surface area contributed by atoms with Crippen molar-refractivity contribution in [2.24, 2.45) is 0 Å². The number of carbonyl (C=O) groups is 1. The highest BCUT2D eigenvalue weighted by Crippen LogP contribution is 2.21. The fourth-order valence-corrected chi connectivity index (χ4v) is 3.47. The van der Waals surface area contributed by atoms with E-state index in [-0.39, 0.29) is 17.3 Å². The zero-order chi connectivity index (χ0) is 20.9. The zero-order valence-corrected chi connectivity index (χ0v) is 16.3. The molecule has 7 heteroatoms. The van der Waals surface area contributed by atoms with Crippen molar-refractivity contribution in [2.75, 3.05) is 31.1 Å². The number of benzene rings is 2. The van der Waals surface area contributed by atoms with E-state index in [0.29, 0.717) is 37.4 Å². The molecule has 0 aliphatic carbocycles. The lowest BCUT2D eigenvalue weighted by Crippen LogP contribution is -2.49. The van der Waals surface area contributed by atoms with Gasteiger partial charge in [-0.05, 0) is 30.3 Å². The number of piperazine rings is 1. The van der Waals surface area contributed by atoms with Gasteiger partial charge in [-0.2, -0.15) is 10.4 Å². The van der Waals surface area contributed by atoms with Crippen molar-refractivity contribution in [3.05, 3.63) is 83.9 Å². The van der Waals surface area contributed by atoms with Crippen LogP contribution in [0.5, 0.6) is 0 Å². The van der Waals surface area contributed by atoms with Gasteiger partial charge in [-0.3, -0.25) is 4.79 Å². The molecule has 4 rings (SSSR count). The Morgan fingerprint density at radius 2 is 1.73 bits per heavy atom. The van der Waals surface area contributed by atoms with Gasteiger partial charge >= 0.3 is 0 Å². The van der Waals surface area contributed by atoms with Crippen LogP contribution in [0.25, 0.3) is 11.8 Å². The number of amides is 1.